The summed E-state index contributed by atoms with van der Waals surface area (Å²) in [7, 11) is 0. The molecule has 0 aliphatic heterocycles. The molecule has 0 saturated carbocycles. The molecule has 0 spiro atoms. The lowest BCUT2D eigenvalue weighted by molar-refractivity contribution is 0.104. The van der Waals surface area contributed by atoms with Gasteiger partial charge in [0.1, 0.15) is 17.2 Å². The van der Waals surface area contributed by atoms with Crippen molar-refractivity contribution in [1.82, 2.24) is 0 Å². The highest BCUT2D eigenvalue weighted by atomic mass is 16.3. The molecule has 0 aromatic heterocycles. The van der Waals surface area contributed by atoms with Gasteiger partial charge in [0.2, 0.25) is 0 Å². The van der Waals surface area contributed by atoms with Gasteiger partial charge in [-0.1, -0.05) is 36.4 Å². The number of ketones is 1. The van der Waals surface area contributed by atoms with E-state index in [9.17, 15) is 25.2 Å². The number of rotatable bonds is 9. The quantitative estimate of drug-likeness (QED) is 0.269. The summed E-state index contributed by atoms with van der Waals surface area (Å²) >= 11 is 0. The van der Waals surface area contributed by atoms with Gasteiger partial charge in [-0.15, -0.1) is 0 Å². The molecule has 158 valence electrons. The number of aliphatic hydroxyl groups excluding tert-OH is 1. The number of carbonyl (C=O) groups is 1. The summed E-state index contributed by atoms with van der Waals surface area (Å²) in [4.78, 5) is 12.5. The lowest BCUT2D eigenvalue weighted by atomic mass is 9.95. The number of benzene rings is 2. The Balaban J connectivity index is 2.15. The monoisotopic (exact) mass is 408 g/mol. The molecule has 1 atom stereocenters. The van der Waals surface area contributed by atoms with Gasteiger partial charge >= 0.3 is 0 Å². The number of phenolic OH excluding ortho intramolecular Hbond substituents is 3. The van der Waals surface area contributed by atoms with E-state index in [1.54, 1.807) is 18.2 Å². The van der Waals surface area contributed by atoms with Crippen LogP contribution in [0.5, 0.6) is 17.2 Å². The molecule has 0 saturated heterocycles. The van der Waals surface area contributed by atoms with Crippen LogP contribution in [-0.2, 0) is 6.42 Å². The Kier molecular flexibility index (Phi) is 8.01. The highest BCUT2D eigenvalue weighted by molar-refractivity contribution is 6.09. The molecule has 5 nitrogen and oxygen atoms in total. The molecule has 0 bridgehead atoms. The second kappa shape index (κ2) is 10.5. The van der Waals surface area contributed by atoms with E-state index >= 15 is 0 Å². The van der Waals surface area contributed by atoms with Crippen LogP contribution >= 0.6 is 0 Å². The van der Waals surface area contributed by atoms with Crippen LogP contribution in [0.15, 0.2) is 66.3 Å². The van der Waals surface area contributed by atoms with Crippen molar-refractivity contribution in [2.45, 2.75) is 39.2 Å². The van der Waals surface area contributed by atoms with Crippen molar-refractivity contribution in [1.29, 1.82) is 0 Å². The fraction of sp³-hybridized carbons (Fsp3) is 0.240. The molecule has 0 radical (unpaired) electrons. The van der Waals surface area contributed by atoms with Crippen molar-refractivity contribution in [3.63, 3.8) is 0 Å². The van der Waals surface area contributed by atoms with Gasteiger partial charge in [0.25, 0.3) is 0 Å². The minimum atomic E-state index is -0.953. The van der Waals surface area contributed by atoms with Gasteiger partial charge in [0, 0.05) is 12.0 Å². The lowest BCUT2D eigenvalue weighted by Crippen LogP contribution is -2.14. The third kappa shape index (κ3) is 6.36. The summed E-state index contributed by atoms with van der Waals surface area (Å²) in [5, 5.41) is 40.4. The molecule has 2 rings (SSSR count). The second-order valence-corrected chi connectivity index (χ2v) is 7.45. The molecular weight excluding hydrogens is 380 g/mol. The molecule has 4 N–H and O–H groups in total. The third-order valence-corrected chi connectivity index (χ3v) is 4.73. The normalized spacial score (nSPS) is 12.0. The predicted molar refractivity (Wildman–Crippen MR) is 119 cm³/mol. The van der Waals surface area contributed by atoms with Crippen molar-refractivity contribution in [2.75, 3.05) is 0 Å². The van der Waals surface area contributed by atoms with E-state index < -0.39 is 11.9 Å². The molecule has 2 aromatic rings. The fourth-order valence-corrected chi connectivity index (χ4v) is 2.92. The molecule has 0 fully saturated rings. The number of hydrogen-bond donors (Lipinski definition) is 4. The molecule has 0 unspecified atom stereocenters. The molecule has 0 aliphatic rings. The van der Waals surface area contributed by atoms with Crippen molar-refractivity contribution >= 4 is 11.9 Å². The summed E-state index contributed by atoms with van der Waals surface area (Å²) in [5.74, 6) is -0.867. The topological polar surface area (TPSA) is 98.0 Å². The Morgan fingerprint density at radius 3 is 2.37 bits per heavy atom. The molecule has 0 aliphatic carbocycles. The summed E-state index contributed by atoms with van der Waals surface area (Å²) in [5.41, 5.74) is 2.62. The minimum absolute atomic E-state index is 0.0279. The average molecular weight is 408 g/mol. The van der Waals surface area contributed by atoms with Gasteiger partial charge in [0.15, 0.2) is 5.78 Å². The third-order valence-electron chi connectivity index (χ3n) is 4.73. The second-order valence-electron chi connectivity index (χ2n) is 7.45. The Morgan fingerprint density at radius 2 is 1.73 bits per heavy atom. The van der Waals surface area contributed by atoms with Crippen LogP contribution in [-0.4, -0.2) is 32.3 Å². The predicted octanol–water partition coefficient (Wildman–Crippen LogP) is 4.91. The van der Waals surface area contributed by atoms with E-state index in [1.165, 1.54) is 35.9 Å². The molecule has 30 heavy (non-hydrogen) atoms. The van der Waals surface area contributed by atoms with Crippen molar-refractivity contribution in [2.24, 2.45) is 0 Å². The van der Waals surface area contributed by atoms with E-state index in [0.717, 1.165) is 6.42 Å². The number of hydrogen-bond acceptors (Lipinski definition) is 5. The van der Waals surface area contributed by atoms with Crippen LogP contribution in [0.25, 0.3) is 6.08 Å². The first-order chi connectivity index (χ1) is 14.2. The summed E-state index contributed by atoms with van der Waals surface area (Å²) in [6.07, 6.45) is 5.24. The number of allylic oxidation sites excluding steroid dienone is 3. The Morgan fingerprint density at radius 1 is 1.07 bits per heavy atom. The standard InChI is InChI=1S/C25H28O5/c1-16(2)5-4-6-17(3)24(29)15-21-23(28)14-12-20(25(21)30)22(27)13-9-18-7-10-19(26)11-8-18/h5,7-14,24,26,28-30H,3-4,6,15H2,1-2H3/b13-9+/t24-/m1/s1. The minimum Gasteiger partial charge on any atom is -0.508 e. The summed E-state index contributed by atoms with van der Waals surface area (Å²) in [6.45, 7) is 7.88. The van der Waals surface area contributed by atoms with E-state index in [1.807, 2.05) is 19.9 Å². The van der Waals surface area contributed by atoms with Crippen LogP contribution in [0.3, 0.4) is 0 Å². The van der Waals surface area contributed by atoms with Crippen molar-refractivity contribution in [3.8, 4) is 17.2 Å². The van der Waals surface area contributed by atoms with Crippen LogP contribution in [0, 0.1) is 0 Å². The maximum absolute atomic E-state index is 12.5. The Bertz CT molecular complexity index is 964. The summed E-state index contributed by atoms with van der Waals surface area (Å²) < 4.78 is 0. The van der Waals surface area contributed by atoms with Crippen LogP contribution in [0.4, 0.5) is 0 Å². The molecule has 2 aromatic carbocycles. The van der Waals surface area contributed by atoms with Gasteiger partial charge in [-0.2, -0.15) is 0 Å². The maximum atomic E-state index is 12.5. The van der Waals surface area contributed by atoms with Gasteiger partial charge in [-0.3, -0.25) is 4.79 Å². The zero-order valence-electron chi connectivity index (χ0n) is 17.3. The highest BCUT2D eigenvalue weighted by Crippen LogP contribution is 2.33. The number of aliphatic hydroxyl groups is 1. The van der Waals surface area contributed by atoms with E-state index in [2.05, 4.69) is 6.58 Å². The summed E-state index contributed by atoms with van der Waals surface area (Å²) in [6, 6.07) is 8.98. The number of aromatic hydroxyl groups is 3. The van der Waals surface area contributed by atoms with Crippen molar-refractivity contribution < 1.29 is 25.2 Å². The fourth-order valence-electron chi connectivity index (χ4n) is 2.92. The molecule has 0 amide bonds. The highest BCUT2D eigenvalue weighted by Gasteiger charge is 2.20. The smallest absolute Gasteiger partial charge is 0.189 e. The molecule has 5 heteroatoms. The molecular formula is C25H28O5. The van der Waals surface area contributed by atoms with Crippen molar-refractivity contribution in [3.05, 3.63) is 83.0 Å². The van der Waals surface area contributed by atoms with Gasteiger partial charge < -0.3 is 20.4 Å². The number of carbonyl (C=O) groups excluding carboxylic acids is 1. The van der Waals surface area contributed by atoms with Crippen LogP contribution < -0.4 is 0 Å². The first-order valence-corrected chi connectivity index (χ1v) is 9.73. The van der Waals surface area contributed by atoms with Gasteiger partial charge in [-0.25, -0.2) is 0 Å². The van der Waals surface area contributed by atoms with E-state index in [0.29, 0.717) is 17.6 Å². The number of phenols is 3. The van der Waals surface area contributed by atoms with E-state index in [-0.39, 0.29) is 34.8 Å². The lowest BCUT2D eigenvalue weighted by Gasteiger charge is -2.16. The largest absolute Gasteiger partial charge is 0.508 e. The van der Waals surface area contributed by atoms with Gasteiger partial charge in [-0.05, 0) is 68.2 Å². The van der Waals surface area contributed by atoms with E-state index in [4.69, 9.17) is 0 Å². The molecule has 0 heterocycles. The maximum Gasteiger partial charge on any atom is 0.189 e. The SMILES string of the molecule is C=C(CCC=C(C)C)[C@H](O)Cc1c(O)ccc(C(=O)/C=C/c2ccc(O)cc2)c1O. The van der Waals surface area contributed by atoms with Crippen LogP contribution in [0.2, 0.25) is 0 Å². The van der Waals surface area contributed by atoms with Gasteiger partial charge in [0.05, 0.1) is 11.7 Å². The Labute approximate surface area is 177 Å². The van der Waals surface area contributed by atoms with Crippen LogP contribution in [0.1, 0.15) is 48.2 Å². The average Bonchev–Trinajstić information content (AvgIpc) is 2.70. The zero-order valence-corrected chi connectivity index (χ0v) is 17.3. The Hall–Kier alpha value is -3.31. The first-order valence-electron chi connectivity index (χ1n) is 9.73. The zero-order chi connectivity index (χ0) is 22.3. The first kappa shape index (κ1) is 23.0.